The molecule has 0 amide bonds. The molecule has 156 valence electrons. The molecular formula is C18H15ClF3N7O. The SMILES string of the molecule is O=c1c(Cl)c(N2CCN(c3ncccn3)CC2)cnn1-c1ccc(C(F)(F)F)cn1. The summed E-state index contributed by atoms with van der Waals surface area (Å²) in [4.78, 5) is 28.7. The summed E-state index contributed by atoms with van der Waals surface area (Å²) in [7, 11) is 0. The summed E-state index contributed by atoms with van der Waals surface area (Å²) in [6, 6.07) is 3.65. The zero-order valence-electron chi connectivity index (χ0n) is 15.4. The van der Waals surface area contributed by atoms with Crippen molar-refractivity contribution < 1.29 is 13.2 Å². The van der Waals surface area contributed by atoms with Crippen LogP contribution in [0.2, 0.25) is 5.02 Å². The lowest BCUT2D eigenvalue weighted by atomic mass is 10.2. The Labute approximate surface area is 173 Å². The zero-order chi connectivity index (χ0) is 21.3. The van der Waals surface area contributed by atoms with Crippen molar-refractivity contribution in [1.82, 2.24) is 24.7 Å². The van der Waals surface area contributed by atoms with E-state index in [0.29, 0.717) is 44.0 Å². The van der Waals surface area contributed by atoms with E-state index in [1.54, 1.807) is 18.5 Å². The zero-order valence-corrected chi connectivity index (χ0v) is 16.2. The smallest absolute Gasteiger partial charge is 0.365 e. The number of pyridine rings is 1. The quantitative estimate of drug-likeness (QED) is 0.622. The lowest BCUT2D eigenvalue weighted by molar-refractivity contribution is -0.137. The third-order valence-electron chi connectivity index (χ3n) is 4.65. The Hall–Kier alpha value is -3.21. The highest BCUT2D eigenvalue weighted by Crippen LogP contribution is 2.29. The van der Waals surface area contributed by atoms with Crippen molar-refractivity contribution in [3.05, 3.63) is 63.9 Å². The topological polar surface area (TPSA) is 80.0 Å². The van der Waals surface area contributed by atoms with Gasteiger partial charge >= 0.3 is 6.18 Å². The molecule has 8 nitrogen and oxygen atoms in total. The first-order chi connectivity index (χ1) is 14.3. The highest BCUT2D eigenvalue weighted by Gasteiger charge is 2.31. The van der Waals surface area contributed by atoms with Crippen LogP contribution < -0.4 is 15.4 Å². The maximum atomic E-state index is 12.7. The highest BCUT2D eigenvalue weighted by molar-refractivity contribution is 6.33. The fraction of sp³-hybridized carbons (Fsp3) is 0.278. The van der Waals surface area contributed by atoms with Gasteiger partial charge in [-0.05, 0) is 18.2 Å². The van der Waals surface area contributed by atoms with E-state index < -0.39 is 17.3 Å². The fourth-order valence-corrected chi connectivity index (χ4v) is 3.34. The van der Waals surface area contributed by atoms with E-state index in [2.05, 4.69) is 20.1 Å². The maximum Gasteiger partial charge on any atom is 0.417 e. The van der Waals surface area contributed by atoms with Crippen molar-refractivity contribution in [2.75, 3.05) is 36.0 Å². The summed E-state index contributed by atoms with van der Waals surface area (Å²) < 4.78 is 39.0. The minimum absolute atomic E-state index is 0.0486. The van der Waals surface area contributed by atoms with Crippen LogP contribution in [0.3, 0.4) is 0 Å². The third kappa shape index (κ3) is 3.92. The molecule has 0 N–H and O–H groups in total. The number of halogens is 4. The summed E-state index contributed by atoms with van der Waals surface area (Å²) in [5.74, 6) is 0.581. The second-order valence-corrected chi connectivity index (χ2v) is 6.86. The number of alkyl halides is 3. The van der Waals surface area contributed by atoms with Gasteiger partial charge in [0.2, 0.25) is 5.95 Å². The monoisotopic (exact) mass is 437 g/mol. The molecular weight excluding hydrogens is 423 g/mol. The number of anilines is 2. The first kappa shape index (κ1) is 20.1. The van der Waals surface area contributed by atoms with Gasteiger partial charge in [0.15, 0.2) is 5.82 Å². The Balaban J connectivity index is 1.53. The van der Waals surface area contributed by atoms with E-state index >= 15 is 0 Å². The number of aromatic nitrogens is 5. The van der Waals surface area contributed by atoms with Crippen LogP contribution in [-0.4, -0.2) is 50.9 Å². The van der Waals surface area contributed by atoms with E-state index in [0.717, 1.165) is 16.8 Å². The van der Waals surface area contributed by atoms with Crippen LogP contribution in [0.4, 0.5) is 24.8 Å². The predicted octanol–water partition coefficient (Wildman–Crippen LogP) is 2.42. The van der Waals surface area contributed by atoms with Crippen molar-refractivity contribution in [2.45, 2.75) is 6.18 Å². The fourth-order valence-electron chi connectivity index (χ4n) is 3.09. The summed E-state index contributed by atoms with van der Waals surface area (Å²) in [5, 5.41) is 3.98. The van der Waals surface area contributed by atoms with Crippen LogP contribution in [0.1, 0.15) is 5.56 Å². The molecule has 0 aliphatic carbocycles. The van der Waals surface area contributed by atoms with E-state index in [1.165, 1.54) is 6.20 Å². The Morgan fingerprint density at radius 1 is 0.933 bits per heavy atom. The number of rotatable bonds is 3. The van der Waals surface area contributed by atoms with Crippen LogP contribution in [-0.2, 0) is 6.18 Å². The molecule has 3 aromatic rings. The molecule has 1 aliphatic heterocycles. The summed E-state index contributed by atoms with van der Waals surface area (Å²) in [5.41, 5.74) is -1.11. The van der Waals surface area contributed by atoms with Crippen molar-refractivity contribution in [1.29, 1.82) is 0 Å². The molecule has 0 saturated carbocycles. The van der Waals surface area contributed by atoms with Gasteiger partial charge in [0.05, 0.1) is 17.4 Å². The van der Waals surface area contributed by atoms with Crippen molar-refractivity contribution >= 4 is 23.2 Å². The minimum atomic E-state index is -4.52. The molecule has 0 radical (unpaired) electrons. The van der Waals surface area contributed by atoms with E-state index in [-0.39, 0.29) is 10.8 Å². The summed E-state index contributed by atoms with van der Waals surface area (Å²) in [6.07, 6.45) is 0.890. The molecule has 4 rings (SSSR count). The van der Waals surface area contributed by atoms with Gasteiger partial charge in [-0.25, -0.2) is 15.0 Å². The van der Waals surface area contributed by atoms with Gasteiger partial charge in [0, 0.05) is 44.8 Å². The van der Waals surface area contributed by atoms with E-state index in [9.17, 15) is 18.0 Å². The summed E-state index contributed by atoms with van der Waals surface area (Å²) >= 11 is 6.28. The van der Waals surface area contributed by atoms with Crippen LogP contribution in [0.25, 0.3) is 5.82 Å². The van der Waals surface area contributed by atoms with Gasteiger partial charge in [-0.3, -0.25) is 4.79 Å². The second kappa shape index (κ2) is 7.90. The van der Waals surface area contributed by atoms with Crippen molar-refractivity contribution in [3.8, 4) is 5.82 Å². The van der Waals surface area contributed by atoms with Gasteiger partial charge in [0.25, 0.3) is 5.56 Å². The second-order valence-electron chi connectivity index (χ2n) is 6.49. The lowest BCUT2D eigenvalue weighted by Crippen LogP contribution is -2.47. The van der Waals surface area contributed by atoms with Crippen molar-refractivity contribution in [3.63, 3.8) is 0 Å². The van der Waals surface area contributed by atoms with Gasteiger partial charge < -0.3 is 9.80 Å². The van der Waals surface area contributed by atoms with Crippen LogP contribution in [0.15, 0.2) is 47.8 Å². The molecule has 4 heterocycles. The molecule has 1 aliphatic rings. The molecule has 0 atom stereocenters. The normalized spacial score (nSPS) is 14.8. The Morgan fingerprint density at radius 3 is 2.20 bits per heavy atom. The lowest BCUT2D eigenvalue weighted by Gasteiger charge is -2.36. The molecule has 3 aromatic heterocycles. The Kier molecular flexibility index (Phi) is 5.29. The molecule has 12 heteroatoms. The first-order valence-corrected chi connectivity index (χ1v) is 9.31. The molecule has 0 aromatic carbocycles. The largest absolute Gasteiger partial charge is 0.417 e. The van der Waals surface area contributed by atoms with Gasteiger partial charge in [-0.15, -0.1) is 0 Å². The van der Waals surface area contributed by atoms with Crippen LogP contribution in [0.5, 0.6) is 0 Å². The Morgan fingerprint density at radius 2 is 1.60 bits per heavy atom. The number of hydrogen-bond donors (Lipinski definition) is 0. The van der Waals surface area contributed by atoms with Gasteiger partial charge in [0.1, 0.15) is 5.02 Å². The first-order valence-electron chi connectivity index (χ1n) is 8.93. The van der Waals surface area contributed by atoms with Gasteiger partial charge in [-0.2, -0.15) is 23.0 Å². The van der Waals surface area contributed by atoms with Crippen molar-refractivity contribution in [2.24, 2.45) is 0 Å². The standard InChI is InChI=1S/C18H15ClF3N7O/c19-15-13(27-6-8-28(9-7-27)17-23-4-1-5-24-17)11-26-29(16(15)30)14-3-2-12(10-25-14)18(20,21)22/h1-5,10-11H,6-9H2. The Bertz CT molecular complexity index is 1080. The average Bonchev–Trinajstić information content (AvgIpc) is 2.76. The minimum Gasteiger partial charge on any atom is -0.365 e. The molecule has 0 unspecified atom stereocenters. The predicted molar refractivity (Wildman–Crippen MR) is 104 cm³/mol. The number of hydrogen-bond acceptors (Lipinski definition) is 7. The van der Waals surface area contributed by atoms with Crippen LogP contribution in [0, 0.1) is 0 Å². The highest BCUT2D eigenvalue weighted by atomic mass is 35.5. The average molecular weight is 438 g/mol. The summed E-state index contributed by atoms with van der Waals surface area (Å²) in [6.45, 7) is 2.40. The number of piperazine rings is 1. The van der Waals surface area contributed by atoms with Crippen LogP contribution >= 0.6 is 11.6 Å². The number of nitrogens with zero attached hydrogens (tertiary/aromatic N) is 7. The molecule has 1 saturated heterocycles. The van der Waals surface area contributed by atoms with E-state index in [4.69, 9.17) is 11.6 Å². The van der Waals surface area contributed by atoms with E-state index in [1.807, 2.05) is 9.80 Å². The van der Waals surface area contributed by atoms with Gasteiger partial charge in [-0.1, -0.05) is 11.6 Å². The molecule has 0 spiro atoms. The molecule has 1 fully saturated rings. The molecule has 0 bridgehead atoms. The molecule has 30 heavy (non-hydrogen) atoms. The third-order valence-corrected chi connectivity index (χ3v) is 5.00. The maximum absolute atomic E-state index is 12.7.